The lowest BCUT2D eigenvalue weighted by Crippen LogP contribution is -2.31. The van der Waals surface area contributed by atoms with E-state index in [2.05, 4.69) is 15.4 Å². The molecule has 0 aliphatic rings. The van der Waals surface area contributed by atoms with E-state index < -0.39 is 5.69 Å². The Morgan fingerprint density at radius 3 is 2.38 bits per heavy atom. The molecule has 0 fully saturated rings. The number of carbonyl (C=O) groups excluding carboxylic acids is 1. The van der Waals surface area contributed by atoms with Crippen molar-refractivity contribution >= 4 is 23.2 Å². The number of amides is 1. The number of halogens is 1. The van der Waals surface area contributed by atoms with Gasteiger partial charge in [-0.05, 0) is 49.2 Å². The lowest BCUT2D eigenvalue weighted by atomic mass is 10.1. The molecule has 7 heteroatoms. The lowest BCUT2D eigenvalue weighted by molar-refractivity contribution is -0.117. The van der Waals surface area contributed by atoms with Crippen LogP contribution in [0.3, 0.4) is 0 Å². The zero-order chi connectivity index (χ0) is 18.7. The Kier molecular flexibility index (Phi) is 5.14. The van der Waals surface area contributed by atoms with Gasteiger partial charge >= 0.3 is 5.69 Å². The van der Waals surface area contributed by atoms with Gasteiger partial charge in [0.05, 0.1) is 11.9 Å². The molecule has 6 nitrogen and oxygen atoms in total. The highest BCUT2D eigenvalue weighted by Gasteiger charge is 2.09. The van der Waals surface area contributed by atoms with Gasteiger partial charge < -0.3 is 5.32 Å². The van der Waals surface area contributed by atoms with Gasteiger partial charge in [0.15, 0.2) is 0 Å². The molecular formula is C19H17ClN4O2. The molecule has 3 aromatic rings. The summed E-state index contributed by atoms with van der Waals surface area (Å²) in [5.41, 5.74) is 3.34. The van der Waals surface area contributed by atoms with Gasteiger partial charge in [0.2, 0.25) is 5.91 Å². The minimum Gasteiger partial charge on any atom is -0.324 e. The zero-order valence-electron chi connectivity index (χ0n) is 14.4. The Morgan fingerprint density at radius 2 is 1.77 bits per heavy atom. The first-order valence-corrected chi connectivity index (χ1v) is 8.37. The Labute approximate surface area is 155 Å². The fourth-order valence-electron chi connectivity index (χ4n) is 2.61. The van der Waals surface area contributed by atoms with Crippen LogP contribution in [0.4, 0.5) is 5.69 Å². The van der Waals surface area contributed by atoms with Crippen LogP contribution in [0.5, 0.6) is 0 Å². The number of aryl methyl sites for hydroxylation is 2. The number of carbonyl (C=O) groups is 1. The average Bonchev–Trinajstić information content (AvgIpc) is 2.56. The van der Waals surface area contributed by atoms with E-state index in [0.29, 0.717) is 16.4 Å². The molecule has 0 atom stereocenters. The third-order valence-electron chi connectivity index (χ3n) is 3.70. The molecular weight excluding hydrogens is 352 g/mol. The van der Waals surface area contributed by atoms with Crippen molar-refractivity contribution in [2.24, 2.45) is 0 Å². The van der Waals surface area contributed by atoms with Gasteiger partial charge in [-0.1, -0.05) is 29.8 Å². The van der Waals surface area contributed by atoms with Crippen molar-refractivity contribution in [3.05, 3.63) is 75.3 Å². The summed E-state index contributed by atoms with van der Waals surface area (Å²) < 4.78 is 1.03. The number of anilines is 1. The number of rotatable bonds is 4. The van der Waals surface area contributed by atoms with Crippen LogP contribution >= 0.6 is 11.6 Å². The van der Waals surface area contributed by atoms with E-state index in [0.717, 1.165) is 21.4 Å². The fourth-order valence-corrected chi connectivity index (χ4v) is 2.74. The molecule has 0 aliphatic carbocycles. The molecule has 1 heterocycles. The third-order valence-corrected chi connectivity index (χ3v) is 3.95. The first-order chi connectivity index (χ1) is 12.4. The maximum atomic E-state index is 12.2. The van der Waals surface area contributed by atoms with Crippen molar-refractivity contribution < 1.29 is 4.79 Å². The van der Waals surface area contributed by atoms with Crippen LogP contribution in [0.25, 0.3) is 11.3 Å². The van der Waals surface area contributed by atoms with Crippen molar-refractivity contribution in [3.8, 4) is 11.3 Å². The SMILES string of the molecule is Cc1cc(C)cc(NC(=O)Cn2ncc(-c3ccc(Cl)cc3)nc2=O)c1. The molecule has 1 aromatic heterocycles. The quantitative estimate of drug-likeness (QED) is 0.767. The van der Waals surface area contributed by atoms with E-state index in [9.17, 15) is 9.59 Å². The zero-order valence-corrected chi connectivity index (χ0v) is 15.1. The molecule has 0 radical (unpaired) electrons. The van der Waals surface area contributed by atoms with Gasteiger partial charge in [-0.25, -0.2) is 9.48 Å². The summed E-state index contributed by atoms with van der Waals surface area (Å²) in [6, 6.07) is 12.7. The summed E-state index contributed by atoms with van der Waals surface area (Å²) >= 11 is 5.85. The van der Waals surface area contributed by atoms with E-state index in [1.54, 1.807) is 24.3 Å². The topological polar surface area (TPSA) is 76.9 Å². The highest BCUT2D eigenvalue weighted by molar-refractivity contribution is 6.30. The van der Waals surface area contributed by atoms with E-state index in [1.807, 2.05) is 32.0 Å². The van der Waals surface area contributed by atoms with Gasteiger partial charge in [-0.3, -0.25) is 4.79 Å². The smallest absolute Gasteiger partial charge is 0.324 e. The van der Waals surface area contributed by atoms with Crippen LogP contribution in [0.15, 0.2) is 53.5 Å². The number of hydrogen-bond acceptors (Lipinski definition) is 4. The molecule has 0 saturated heterocycles. The number of aromatic nitrogens is 3. The summed E-state index contributed by atoms with van der Waals surface area (Å²) in [5, 5.41) is 7.41. The molecule has 1 amide bonds. The molecule has 1 N–H and O–H groups in total. The van der Waals surface area contributed by atoms with E-state index >= 15 is 0 Å². The molecule has 2 aromatic carbocycles. The molecule has 132 valence electrons. The van der Waals surface area contributed by atoms with Gasteiger partial charge in [0, 0.05) is 16.3 Å². The average molecular weight is 369 g/mol. The van der Waals surface area contributed by atoms with Crippen molar-refractivity contribution in [2.75, 3.05) is 5.32 Å². The normalized spacial score (nSPS) is 10.6. The standard InChI is InChI=1S/C19H17ClN4O2/c1-12-7-13(2)9-16(8-12)22-18(25)11-24-19(26)23-17(10-21-24)14-3-5-15(20)6-4-14/h3-10H,11H2,1-2H3,(H,22,25). The Balaban J connectivity index is 1.74. The summed E-state index contributed by atoms with van der Waals surface area (Å²) in [7, 11) is 0. The molecule has 3 rings (SSSR count). The summed E-state index contributed by atoms with van der Waals surface area (Å²) in [6.45, 7) is 3.70. The maximum Gasteiger partial charge on any atom is 0.365 e. The minimum atomic E-state index is -0.590. The first kappa shape index (κ1) is 17.8. The third kappa shape index (κ3) is 4.34. The van der Waals surface area contributed by atoms with Crippen LogP contribution in [0.1, 0.15) is 11.1 Å². The van der Waals surface area contributed by atoms with Crippen molar-refractivity contribution in [1.82, 2.24) is 14.8 Å². The molecule has 0 bridgehead atoms. The molecule has 0 aliphatic heterocycles. The van der Waals surface area contributed by atoms with Crippen LogP contribution in [0, 0.1) is 13.8 Å². The minimum absolute atomic E-state index is 0.209. The molecule has 0 saturated carbocycles. The second-order valence-electron chi connectivity index (χ2n) is 6.01. The monoisotopic (exact) mass is 368 g/mol. The fraction of sp³-hybridized carbons (Fsp3) is 0.158. The van der Waals surface area contributed by atoms with E-state index in [1.165, 1.54) is 6.20 Å². The number of nitrogens with zero attached hydrogens (tertiary/aromatic N) is 3. The van der Waals surface area contributed by atoms with Gasteiger partial charge in [-0.15, -0.1) is 0 Å². The Bertz CT molecular complexity index is 993. The lowest BCUT2D eigenvalue weighted by Gasteiger charge is -2.08. The predicted octanol–water partition coefficient (Wildman–Crippen LogP) is 3.21. The van der Waals surface area contributed by atoms with Crippen molar-refractivity contribution in [1.29, 1.82) is 0 Å². The number of nitrogens with one attached hydrogen (secondary N) is 1. The Morgan fingerprint density at radius 1 is 1.12 bits per heavy atom. The van der Waals surface area contributed by atoms with Crippen molar-refractivity contribution in [3.63, 3.8) is 0 Å². The van der Waals surface area contributed by atoms with Crippen LogP contribution in [0.2, 0.25) is 5.02 Å². The maximum absolute atomic E-state index is 12.2. The Hall–Kier alpha value is -2.99. The number of benzene rings is 2. The molecule has 0 spiro atoms. The second-order valence-corrected chi connectivity index (χ2v) is 6.45. The van der Waals surface area contributed by atoms with E-state index in [4.69, 9.17) is 11.6 Å². The summed E-state index contributed by atoms with van der Waals surface area (Å²) in [4.78, 5) is 28.3. The van der Waals surface area contributed by atoms with Gasteiger partial charge in [-0.2, -0.15) is 10.1 Å². The molecule has 0 unspecified atom stereocenters. The van der Waals surface area contributed by atoms with Gasteiger partial charge in [0.25, 0.3) is 0 Å². The molecule has 26 heavy (non-hydrogen) atoms. The first-order valence-electron chi connectivity index (χ1n) is 7.99. The predicted molar refractivity (Wildman–Crippen MR) is 101 cm³/mol. The van der Waals surface area contributed by atoms with E-state index in [-0.39, 0.29) is 12.5 Å². The summed E-state index contributed by atoms with van der Waals surface area (Å²) in [5.74, 6) is -0.342. The summed E-state index contributed by atoms with van der Waals surface area (Å²) in [6.07, 6.45) is 1.45. The van der Waals surface area contributed by atoms with Crippen LogP contribution < -0.4 is 11.0 Å². The largest absolute Gasteiger partial charge is 0.365 e. The van der Waals surface area contributed by atoms with Crippen LogP contribution in [-0.4, -0.2) is 20.7 Å². The van der Waals surface area contributed by atoms with Crippen molar-refractivity contribution in [2.45, 2.75) is 20.4 Å². The second kappa shape index (κ2) is 7.49. The van der Waals surface area contributed by atoms with Crippen LogP contribution in [-0.2, 0) is 11.3 Å². The number of hydrogen-bond donors (Lipinski definition) is 1. The highest BCUT2D eigenvalue weighted by Crippen LogP contribution is 2.17. The highest BCUT2D eigenvalue weighted by atomic mass is 35.5. The van der Waals surface area contributed by atoms with Gasteiger partial charge in [0.1, 0.15) is 6.54 Å².